The van der Waals surface area contributed by atoms with Crippen LogP contribution in [0, 0.1) is 12.7 Å². The Morgan fingerprint density at radius 3 is 2.22 bits per heavy atom. The summed E-state index contributed by atoms with van der Waals surface area (Å²) in [6.45, 7) is 3.99. The van der Waals surface area contributed by atoms with Gasteiger partial charge in [-0.15, -0.1) is 0 Å². The van der Waals surface area contributed by atoms with Crippen molar-refractivity contribution in [3.63, 3.8) is 0 Å². The number of hydrogen-bond acceptors (Lipinski definition) is 5. The van der Waals surface area contributed by atoms with E-state index in [0.29, 0.717) is 5.69 Å². The van der Waals surface area contributed by atoms with E-state index < -0.39 is 16.6 Å². The Balaban J connectivity index is 1.67. The summed E-state index contributed by atoms with van der Waals surface area (Å²) in [5.74, 6) is -0.838. The van der Waals surface area contributed by atoms with Crippen LogP contribution in [0.25, 0.3) is 0 Å². The summed E-state index contributed by atoms with van der Waals surface area (Å²) >= 11 is 0. The number of rotatable bonds is 7. The van der Waals surface area contributed by atoms with Crippen LogP contribution < -0.4 is 21.5 Å². The van der Waals surface area contributed by atoms with E-state index in [2.05, 4.69) is 10.6 Å². The zero-order valence-electron chi connectivity index (χ0n) is 17.7. The van der Waals surface area contributed by atoms with Crippen molar-refractivity contribution in [1.29, 1.82) is 0 Å². The van der Waals surface area contributed by atoms with Crippen LogP contribution >= 0.6 is 0 Å². The van der Waals surface area contributed by atoms with Crippen molar-refractivity contribution in [2.24, 2.45) is 0 Å². The van der Waals surface area contributed by atoms with Gasteiger partial charge in [-0.25, -0.2) is 4.39 Å². The fraction of sp³-hybridized carbons (Fsp3) is 0.154. The van der Waals surface area contributed by atoms with E-state index in [9.17, 15) is 19.1 Å². The van der Waals surface area contributed by atoms with Gasteiger partial charge < -0.3 is 10.4 Å². The second kappa shape index (κ2) is 8.77. The van der Waals surface area contributed by atoms with Crippen LogP contribution in [0.4, 0.5) is 15.8 Å². The third kappa shape index (κ3) is 4.31. The first-order valence-electron chi connectivity index (χ1n) is 10.3. The molecule has 162 valence electrons. The first kappa shape index (κ1) is 21.5. The molecule has 0 heterocycles. The summed E-state index contributed by atoms with van der Waals surface area (Å²) < 4.78 is 13.7. The normalized spacial score (nSPS) is 13.1. The largest absolute Gasteiger partial charge is 0.502 e. The second-order valence-electron chi connectivity index (χ2n) is 7.92. The maximum Gasteiger partial charge on any atom is 0.271 e. The monoisotopic (exact) mass is 430 g/mol. The highest BCUT2D eigenvalue weighted by molar-refractivity contribution is 5.69. The van der Waals surface area contributed by atoms with Gasteiger partial charge in [0.2, 0.25) is 0 Å². The molecular formula is C26H23FN2O3. The van der Waals surface area contributed by atoms with Gasteiger partial charge in [0.1, 0.15) is 11.5 Å². The summed E-state index contributed by atoms with van der Waals surface area (Å²) in [6, 6.07) is 21.6. The van der Waals surface area contributed by atoms with Gasteiger partial charge >= 0.3 is 0 Å². The number of nitrogens with one attached hydrogen (secondary N) is 2. The predicted octanol–water partition coefficient (Wildman–Crippen LogP) is 4.62. The molecule has 6 heteroatoms. The lowest BCUT2D eigenvalue weighted by molar-refractivity contribution is 0.466. The highest BCUT2D eigenvalue weighted by atomic mass is 19.1. The van der Waals surface area contributed by atoms with Crippen molar-refractivity contribution >= 4 is 11.4 Å². The van der Waals surface area contributed by atoms with Crippen LogP contribution in [-0.4, -0.2) is 5.11 Å². The fourth-order valence-corrected chi connectivity index (χ4v) is 3.70. The summed E-state index contributed by atoms with van der Waals surface area (Å²) in [4.78, 5) is 23.0. The fourth-order valence-electron chi connectivity index (χ4n) is 3.70. The minimum Gasteiger partial charge on any atom is -0.502 e. The molecule has 2 atom stereocenters. The minimum absolute atomic E-state index is 0.0971. The third-order valence-electron chi connectivity index (χ3n) is 5.55. The van der Waals surface area contributed by atoms with E-state index in [1.54, 1.807) is 12.1 Å². The highest BCUT2D eigenvalue weighted by Gasteiger charge is 2.21. The van der Waals surface area contributed by atoms with Gasteiger partial charge in [0.15, 0.2) is 5.75 Å². The van der Waals surface area contributed by atoms with E-state index in [0.717, 1.165) is 22.3 Å². The maximum absolute atomic E-state index is 13.7. The molecule has 32 heavy (non-hydrogen) atoms. The highest BCUT2D eigenvalue weighted by Crippen LogP contribution is 2.30. The van der Waals surface area contributed by atoms with Crippen LogP contribution in [0.5, 0.6) is 5.75 Å². The Labute approximate surface area is 184 Å². The zero-order valence-corrected chi connectivity index (χ0v) is 17.7. The number of aryl methyl sites for hydroxylation is 1. The lowest BCUT2D eigenvalue weighted by atomic mass is 9.95. The molecule has 0 spiro atoms. The van der Waals surface area contributed by atoms with Crippen LogP contribution in [0.1, 0.15) is 41.3 Å². The van der Waals surface area contributed by atoms with E-state index in [-0.39, 0.29) is 23.6 Å². The molecule has 0 aliphatic carbocycles. The van der Waals surface area contributed by atoms with Crippen LogP contribution in [0.2, 0.25) is 0 Å². The lowest BCUT2D eigenvalue weighted by Gasteiger charge is -2.25. The van der Waals surface area contributed by atoms with Gasteiger partial charge in [-0.3, -0.25) is 14.9 Å². The van der Waals surface area contributed by atoms with Gasteiger partial charge in [-0.1, -0.05) is 54.1 Å². The third-order valence-corrected chi connectivity index (χ3v) is 5.55. The number of aromatic hydroxyl groups is 1. The molecule has 4 rings (SSSR count). The zero-order chi connectivity index (χ0) is 22.8. The van der Waals surface area contributed by atoms with Crippen molar-refractivity contribution in [1.82, 2.24) is 5.32 Å². The molecule has 0 fully saturated rings. The smallest absolute Gasteiger partial charge is 0.271 e. The van der Waals surface area contributed by atoms with Gasteiger partial charge in [-0.2, -0.15) is 0 Å². The molecular weight excluding hydrogens is 407 g/mol. The van der Waals surface area contributed by atoms with Crippen LogP contribution in [-0.2, 0) is 0 Å². The van der Waals surface area contributed by atoms with Gasteiger partial charge in [0.05, 0.1) is 6.04 Å². The molecule has 0 aliphatic heterocycles. The Morgan fingerprint density at radius 2 is 1.53 bits per heavy atom. The molecule has 0 saturated heterocycles. The lowest BCUT2D eigenvalue weighted by Crippen LogP contribution is -2.32. The van der Waals surface area contributed by atoms with E-state index >= 15 is 0 Å². The molecule has 0 bridgehead atoms. The molecule has 0 radical (unpaired) electrons. The van der Waals surface area contributed by atoms with Gasteiger partial charge in [0.25, 0.3) is 10.9 Å². The number of anilines is 2. The predicted molar refractivity (Wildman–Crippen MR) is 124 cm³/mol. The first-order chi connectivity index (χ1) is 15.3. The molecule has 0 aliphatic rings. The standard InChI is InChI=1S/C26H23FN2O3/c1-15-9-11-17(12-10-15)22(28-16(2)18-5-3-7-20(27)13-18)19-6-4-8-21(14-19)29-23-24(30)26(32)25(23)31/h3-14,16,22,28-30H,1-2H3/t16-,22?/m1/s1. The van der Waals surface area contributed by atoms with Crippen LogP contribution in [0.3, 0.4) is 0 Å². The van der Waals surface area contributed by atoms with E-state index in [4.69, 9.17) is 0 Å². The Morgan fingerprint density at radius 1 is 0.844 bits per heavy atom. The summed E-state index contributed by atoms with van der Waals surface area (Å²) in [5.41, 5.74) is 2.74. The van der Waals surface area contributed by atoms with Crippen molar-refractivity contribution < 1.29 is 9.50 Å². The molecule has 4 aromatic carbocycles. The van der Waals surface area contributed by atoms with Crippen molar-refractivity contribution in [3.8, 4) is 5.75 Å². The maximum atomic E-state index is 13.7. The first-order valence-corrected chi connectivity index (χ1v) is 10.3. The Kier molecular flexibility index (Phi) is 5.88. The average Bonchev–Trinajstić information content (AvgIpc) is 2.81. The number of halogens is 1. The topological polar surface area (TPSA) is 78.4 Å². The SMILES string of the molecule is Cc1ccc(C(N[C@H](C)c2cccc(F)c2)c2cccc(Nc3c(O)c(=O)c3=O)c2)cc1. The summed E-state index contributed by atoms with van der Waals surface area (Å²) in [5, 5.41) is 16.1. The van der Waals surface area contributed by atoms with E-state index in [1.807, 2.05) is 62.4 Å². The Hall–Kier alpha value is -3.77. The molecule has 4 aromatic rings. The number of hydrogen-bond donors (Lipinski definition) is 3. The summed E-state index contributed by atoms with van der Waals surface area (Å²) in [6.07, 6.45) is 0. The number of benzene rings is 3. The minimum atomic E-state index is -0.883. The molecule has 0 aromatic heterocycles. The Bertz CT molecular complexity index is 1320. The quantitative estimate of drug-likeness (QED) is 0.373. The molecule has 0 amide bonds. The van der Waals surface area contributed by atoms with E-state index in [1.165, 1.54) is 12.1 Å². The van der Waals surface area contributed by atoms with Gasteiger partial charge in [-0.05, 0) is 54.8 Å². The molecule has 5 nitrogen and oxygen atoms in total. The van der Waals surface area contributed by atoms with Crippen molar-refractivity contribution in [3.05, 3.63) is 121 Å². The van der Waals surface area contributed by atoms with Gasteiger partial charge in [0, 0.05) is 11.7 Å². The van der Waals surface area contributed by atoms with Crippen molar-refractivity contribution in [2.45, 2.75) is 25.9 Å². The molecule has 0 saturated carbocycles. The van der Waals surface area contributed by atoms with Crippen molar-refractivity contribution in [2.75, 3.05) is 5.32 Å². The average molecular weight is 430 g/mol. The molecule has 1 unspecified atom stereocenters. The van der Waals surface area contributed by atoms with Crippen LogP contribution in [0.15, 0.2) is 82.4 Å². The summed E-state index contributed by atoms with van der Waals surface area (Å²) in [7, 11) is 0. The second-order valence-corrected chi connectivity index (χ2v) is 7.92. The molecule has 3 N–H and O–H groups in total.